The molecule has 2 rings (SSSR count). The summed E-state index contributed by atoms with van der Waals surface area (Å²) in [6.45, 7) is 2.71. The highest BCUT2D eigenvalue weighted by atomic mass is 16.2. The molecule has 102 valence electrons. The van der Waals surface area contributed by atoms with Gasteiger partial charge in [-0.3, -0.25) is 19.5 Å². The lowest BCUT2D eigenvalue weighted by Gasteiger charge is -2.28. The Morgan fingerprint density at radius 3 is 2.84 bits per heavy atom. The third-order valence-electron chi connectivity index (χ3n) is 2.96. The van der Waals surface area contributed by atoms with Gasteiger partial charge < -0.3 is 10.6 Å². The first kappa shape index (κ1) is 13.3. The first-order valence-electron chi connectivity index (χ1n) is 6.24. The number of nitrogens with zero attached hydrogens (tertiary/aromatic N) is 3. The second-order valence-electron chi connectivity index (χ2n) is 4.35. The Morgan fingerprint density at radius 1 is 1.37 bits per heavy atom. The quantitative estimate of drug-likeness (QED) is 0.768. The van der Waals surface area contributed by atoms with Gasteiger partial charge in [0.2, 0.25) is 5.91 Å². The molecule has 1 fully saturated rings. The summed E-state index contributed by atoms with van der Waals surface area (Å²) in [7, 11) is 1.50. The fraction of sp³-hybridized carbons (Fsp3) is 0.500. The van der Waals surface area contributed by atoms with Crippen LogP contribution in [0.25, 0.3) is 0 Å². The first-order chi connectivity index (χ1) is 9.11. The molecule has 2 heterocycles. The third kappa shape index (κ3) is 2.98. The van der Waals surface area contributed by atoms with Crippen LogP contribution in [-0.2, 0) is 9.59 Å². The minimum absolute atomic E-state index is 0.143. The number of hydrogen-bond acceptors (Lipinski definition) is 6. The first-order valence-corrected chi connectivity index (χ1v) is 6.24. The summed E-state index contributed by atoms with van der Waals surface area (Å²) >= 11 is 0. The second-order valence-corrected chi connectivity index (χ2v) is 4.35. The van der Waals surface area contributed by atoms with Crippen molar-refractivity contribution in [1.82, 2.24) is 14.9 Å². The number of imide groups is 1. The molecule has 0 saturated carbocycles. The predicted molar refractivity (Wildman–Crippen MR) is 70.6 cm³/mol. The van der Waals surface area contributed by atoms with Crippen LogP contribution in [-0.4, -0.2) is 46.3 Å². The zero-order valence-electron chi connectivity index (χ0n) is 11.0. The molecule has 2 amide bonds. The average molecular weight is 263 g/mol. The fourth-order valence-electron chi connectivity index (χ4n) is 1.93. The maximum Gasteiger partial charge on any atom is 0.251 e. The number of hydrogen-bond donors (Lipinski definition) is 2. The molecule has 0 bridgehead atoms. The number of nitrogens with one attached hydrogen (secondary N) is 2. The zero-order chi connectivity index (χ0) is 13.8. The molecule has 1 atom stereocenters. The van der Waals surface area contributed by atoms with Gasteiger partial charge in [-0.1, -0.05) is 0 Å². The molecule has 2 N–H and O–H groups in total. The maximum absolute atomic E-state index is 11.9. The topological polar surface area (TPSA) is 87.2 Å². The van der Waals surface area contributed by atoms with Crippen molar-refractivity contribution in [3.63, 3.8) is 0 Å². The van der Waals surface area contributed by atoms with Crippen molar-refractivity contribution in [1.29, 1.82) is 0 Å². The van der Waals surface area contributed by atoms with Gasteiger partial charge in [0.05, 0.1) is 12.4 Å². The molecule has 1 aliphatic rings. The Morgan fingerprint density at radius 2 is 2.11 bits per heavy atom. The number of aromatic nitrogens is 2. The van der Waals surface area contributed by atoms with Crippen LogP contribution in [0.5, 0.6) is 0 Å². The van der Waals surface area contributed by atoms with Crippen LogP contribution in [0.2, 0.25) is 0 Å². The second kappa shape index (κ2) is 5.64. The van der Waals surface area contributed by atoms with Gasteiger partial charge in [0.25, 0.3) is 5.91 Å². The lowest BCUT2D eigenvalue weighted by atomic mass is 10.0. The molecule has 0 spiro atoms. The van der Waals surface area contributed by atoms with Gasteiger partial charge in [-0.2, -0.15) is 0 Å². The van der Waals surface area contributed by atoms with Gasteiger partial charge in [0.15, 0.2) is 0 Å². The molecule has 0 radical (unpaired) electrons. The van der Waals surface area contributed by atoms with E-state index in [0.717, 1.165) is 11.4 Å². The number of carbonyl (C=O) groups excluding carboxylic acids is 2. The molecule has 1 aromatic heterocycles. The molecular weight excluding hydrogens is 246 g/mol. The van der Waals surface area contributed by atoms with E-state index in [0.29, 0.717) is 24.5 Å². The summed E-state index contributed by atoms with van der Waals surface area (Å²) < 4.78 is 0. The number of anilines is 2. The van der Waals surface area contributed by atoms with E-state index < -0.39 is 6.04 Å². The Kier molecular flexibility index (Phi) is 3.94. The molecule has 1 aromatic rings. The van der Waals surface area contributed by atoms with Crippen LogP contribution in [0, 0.1) is 0 Å². The summed E-state index contributed by atoms with van der Waals surface area (Å²) in [5, 5.41) is 6.07. The smallest absolute Gasteiger partial charge is 0.251 e. The van der Waals surface area contributed by atoms with Gasteiger partial charge in [0, 0.05) is 20.0 Å². The molecule has 7 nitrogen and oxygen atoms in total. The van der Waals surface area contributed by atoms with Crippen molar-refractivity contribution >= 4 is 23.5 Å². The fourth-order valence-corrected chi connectivity index (χ4v) is 1.93. The Balaban J connectivity index is 2.06. The molecule has 0 aromatic carbocycles. The van der Waals surface area contributed by atoms with Gasteiger partial charge >= 0.3 is 0 Å². The van der Waals surface area contributed by atoms with Gasteiger partial charge in [-0.05, 0) is 13.3 Å². The Labute approximate surface area is 111 Å². The summed E-state index contributed by atoms with van der Waals surface area (Å²) in [6.07, 6.45) is 4.02. The number of likely N-dealkylation sites (tertiary alicyclic amines) is 1. The van der Waals surface area contributed by atoms with Crippen molar-refractivity contribution in [2.24, 2.45) is 0 Å². The van der Waals surface area contributed by atoms with E-state index in [1.807, 2.05) is 6.92 Å². The normalized spacial score (nSPS) is 19.5. The Hall–Kier alpha value is -2.18. The van der Waals surface area contributed by atoms with Crippen LogP contribution < -0.4 is 10.6 Å². The molecule has 1 unspecified atom stereocenters. The van der Waals surface area contributed by atoms with E-state index >= 15 is 0 Å². The van der Waals surface area contributed by atoms with Gasteiger partial charge in [-0.25, -0.2) is 4.98 Å². The van der Waals surface area contributed by atoms with E-state index in [4.69, 9.17) is 0 Å². The number of amides is 2. The molecule has 19 heavy (non-hydrogen) atoms. The maximum atomic E-state index is 11.9. The Bertz CT molecular complexity index is 491. The minimum Gasteiger partial charge on any atom is -0.369 e. The van der Waals surface area contributed by atoms with Crippen molar-refractivity contribution in [3.05, 3.63) is 12.4 Å². The van der Waals surface area contributed by atoms with Crippen molar-refractivity contribution in [2.75, 3.05) is 24.2 Å². The minimum atomic E-state index is -0.422. The highest BCUT2D eigenvalue weighted by Crippen LogP contribution is 2.16. The lowest BCUT2D eigenvalue weighted by molar-refractivity contribution is -0.146. The summed E-state index contributed by atoms with van der Waals surface area (Å²) in [6, 6.07) is -0.422. The van der Waals surface area contributed by atoms with Crippen LogP contribution in [0.3, 0.4) is 0 Å². The van der Waals surface area contributed by atoms with E-state index in [1.165, 1.54) is 7.05 Å². The predicted octanol–water partition coefficient (Wildman–Crippen LogP) is 0.468. The lowest BCUT2D eigenvalue weighted by Crippen LogP contribution is -2.48. The largest absolute Gasteiger partial charge is 0.369 e. The van der Waals surface area contributed by atoms with E-state index in [2.05, 4.69) is 20.6 Å². The van der Waals surface area contributed by atoms with E-state index in [-0.39, 0.29) is 11.8 Å². The van der Waals surface area contributed by atoms with Crippen LogP contribution in [0.1, 0.15) is 19.8 Å². The molecule has 1 aliphatic heterocycles. The number of likely N-dealkylation sites (N-methyl/N-ethyl adjacent to an activating group) is 1. The van der Waals surface area contributed by atoms with Gasteiger partial charge in [-0.15, -0.1) is 0 Å². The third-order valence-corrected chi connectivity index (χ3v) is 2.96. The van der Waals surface area contributed by atoms with Crippen molar-refractivity contribution < 1.29 is 9.59 Å². The summed E-state index contributed by atoms with van der Waals surface area (Å²) in [4.78, 5) is 32.8. The highest BCUT2D eigenvalue weighted by Gasteiger charge is 2.31. The molecule has 1 saturated heterocycles. The van der Waals surface area contributed by atoms with Crippen molar-refractivity contribution in [2.45, 2.75) is 25.8 Å². The van der Waals surface area contributed by atoms with Crippen LogP contribution in [0.4, 0.5) is 11.6 Å². The van der Waals surface area contributed by atoms with Gasteiger partial charge in [0.1, 0.15) is 17.7 Å². The van der Waals surface area contributed by atoms with E-state index in [9.17, 15) is 9.59 Å². The number of carbonyl (C=O) groups is 2. The van der Waals surface area contributed by atoms with Crippen LogP contribution >= 0.6 is 0 Å². The monoisotopic (exact) mass is 263 g/mol. The van der Waals surface area contributed by atoms with E-state index in [1.54, 1.807) is 12.4 Å². The van der Waals surface area contributed by atoms with Crippen LogP contribution in [0.15, 0.2) is 12.4 Å². The van der Waals surface area contributed by atoms with Crippen molar-refractivity contribution in [3.8, 4) is 0 Å². The molecule has 0 aliphatic carbocycles. The highest BCUT2D eigenvalue weighted by molar-refractivity contribution is 6.01. The standard InChI is InChI=1S/C12H17N5O2/c1-3-14-9-6-13-7-10(16-9)15-8-4-5-11(18)17(2)12(8)19/h6-8H,3-5H2,1-2H3,(H2,14,15,16). The average Bonchev–Trinajstić information content (AvgIpc) is 2.40. The molecule has 7 heteroatoms. The summed E-state index contributed by atoms with van der Waals surface area (Å²) in [5.41, 5.74) is 0. The molecular formula is C12H17N5O2. The number of rotatable bonds is 4. The summed E-state index contributed by atoms with van der Waals surface area (Å²) in [5.74, 6) is 0.808. The number of piperidine rings is 1. The SMILES string of the molecule is CCNc1cncc(NC2CCC(=O)N(C)C2=O)n1. The zero-order valence-corrected chi connectivity index (χ0v) is 11.0.